The highest BCUT2D eigenvalue weighted by atomic mass is 16.5. The van der Waals surface area contributed by atoms with Crippen LogP contribution in [0.25, 0.3) is 22.4 Å². The predicted octanol–water partition coefficient (Wildman–Crippen LogP) is 3.54. The van der Waals surface area contributed by atoms with Crippen molar-refractivity contribution in [3.8, 4) is 17.3 Å². The van der Waals surface area contributed by atoms with Gasteiger partial charge in [0.2, 0.25) is 0 Å². The number of nitrogens with two attached hydrogens (primary N) is 1. The summed E-state index contributed by atoms with van der Waals surface area (Å²) in [4.78, 5) is 24.9. The van der Waals surface area contributed by atoms with E-state index in [2.05, 4.69) is 26.0 Å². The minimum atomic E-state index is -0.588. The zero-order valence-electron chi connectivity index (χ0n) is 17.7. The number of primary amides is 1. The fraction of sp³-hybridized carbons (Fsp3) is 0.261. The maximum atomic E-state index is 11.8. The first kappa shape index (κ1) is 19.9. The van der Waals surface area contributed by atoms with Crippen molar-refractivity contribution in [1.29, 1.82) is 0 Å². The zero-order chi connectivity index (χ0) is 22.1. The molecule has 1 amide bonds. The number of methoxy groups -OCH3 is 1. The second kappa shape index (κ2) is 8.26. The second-order valence-corrected chi connectivity index (χ2v) is 7.87. The van der Waals surface area contributed by atoms with Gasteiger partial charge in [0.1, 0.15) is 5.69 Å². The van der Waals surface area contributed by atoms with Gasteiger partial charge in [0.15, 0.2) is 17.4 Å². The molecule has 3 N–H and O–H groups in total. The number of hydrogen-bond donors (Lipinski definition) is 2. The molecule has 9 nitrogen and oxygen atoms in total. The minimum absolute atomic E-state index is 0.255. The summed E-state index contributed by atoms with van der Waals surface area (Å²) >= 11 is 0. The van der Waals surface area contributed by atoms with Crippen molar-refractivity contribution in [2.45, 2.75) is 25.8 Å². The number of amides is 1. The van der Waals surface area contributed by atoms with E-state index in [1.165, 1.54) is 32.6 Å². The van der Waals surface area contributed by atoms with Crippen LogP contribution in [-0.2, 0) is 6.54 Å². The number of carbonyl (C=O) groups is 1. The molecule has 1 aliphatic carbocycles. The summed E-state index contributed by atoms with van der Waals surface area (Å²) in [6, 6.07) is 9.76. The molecule has 5 rings (SSSR count). The van der Waals surface area contributed by atoms with Gasteiger partial charge in [0, 0.05) is 24.3 Å². The SMILES string of the molecule is COc1cnc(-c2nn(CC3CCC3)c3ccccc23)nc1Nc1ccncc1C(N)=O. The molecule has 9 heteroatoms. The van der Waals surface area contributed by atoms with Gasteiger partial charge in [0.25, 0.3) is 5.91 Å². The van der Waals surface area contributed by atoms with E-state index in [0.717, 1.165) is 17.4 Å². The number of benzene rings is 1. The number of anilines is 2. The van der Waals surface area contributed by atoms with E-state index in [-0.39, 0.29) is 5.56 Å². The molecule has 1 aromatic carbocycles. The van der Waals surface area contributed by atoms with Gasteiger partial charge in [-0.2, -0.15) is 5.10 Å². The fourth-order valence-electron chi connectivity index (χ4n) is 3.90. The Morgan fingerprint density at radius 1 is 1.25 bits per heavy atom. The Morgan fingerprint density at radius 3 is 2.84 bits per heavy atom. The van der Waals surface area contributed by atoms with E-state index in [1.807, 2.05) is 18.2 Å². The highest BCUT2D eigenvalue weighted by molar-refractivity contribution is 5.99. The van der Waals surface area contributed by atoms with Crippen LogP contribution in [0.1, 0.15) is 29.6 Å². The molecule has 0 saturated heterocycles. The number of ether oxygens (including phenoxy) is 1. The Morgan fingerprint density at radius 2 is 2.09 bits per heavy atom. The molecule has 1 aliphatic rings. The van der Waals surface area contributed by atoms with Crippen molar-refractivity contribution in [2.75, 3.05) is 12.4 Å². The molecule has 162 valence electrons. The number of carbonyl (C=O) groups excluding carboxylic acids is 1. The molecule has 0 atom stereocenters. The Balaban J connectivity index is 1.57. The summed E-state index contributed by atoms with van der Waals surface area (Å²) in [5.74, 6) is 1.38. The van der Waals surface area contributed by atoms with Crippen molar-refractivity contribution in [3.05, 3.63) is 54.5 Å². The van der Waals surface area contributed by atoms with E-state index < -0.39 is 5.91 Å². The molecular formula is C23H23N7O2. The standard InChI is InChI=1S/C23H23N7O2/c1-32-19-12-26-23(28-22(19)27-17-9-10-25-11-16(17)21(24)31)20-15-7-2-3-8-18(15)30(29-20)13-14-5-4-6-14/h2-3,7-12,14H,4-6,13H2,1H3,(H2,24,31)(H,25,26,27,28). The van der Waals surface area contributed by atoms with Crippen LogP contribution in [0.5, 0.6) is 5.75 Å². The first-order valence-corrected chi connectivity index (χ1v) is 10.5. The highest BCUT2D eigenvalue weighted by Gasteiger charge is 2.22. The third-order valence-corrected chi connectivity index (χ3v) is 5.84. The smallest absolute Gasteiger partial charge is 0.252 e. The van der Waals surface area contributed by atoms with Gasteiger partial charge >= 0.3 is 0 Å². The highest BCUT2D eigenvalue weighted by Crippen LogP contribution is 2.33. The topological polar surface area (TPSA) is 121 Å². The Kier molecular flexibility index (Phi) is 5.14. The number of hydrogen-bond acceptors (Lipinski definition) is 7. The Labute approximate surface area is 184 Å². The third-order valence-electron chi connectivity index (χ3n) is 5.84. The first-order valence-electron chi connectivity index (χ1n) is 10.5. The normalized spacial score (nSPS) is 13.7. The van der Waals surface area contributed by atoms with Crippen LogP contribution in [0.2, 0.25) is 0 Å². The molecule has 1 fully saturated rings. The number of nitrogens with zero attached hydrogens (tertiary/aromatic N) is 5. The van der Waals surface area contributed by atoms with Crippen molar-refractivity contribution < 1.29 is 9.53 Å². The third kappa shape index (κ3) is 3.62. The maximum absolute atomic E-state index is 11.8. The monoisotopic (exact) mass is 429 g/mol. The second-order valence-electron chi connectivity index (χ2n) is 7.87. The quantitative estimate of drug-likeness (QED) is 0.461. The number of para-hydroxylation sites is 1. The number of rotatable bonds is 7. The average Bonchev–Trinajstić information content (AvgIpc) is 3.15. The molecular weight excluding hydrogens is 406 g/mol. The van der Waals surface area contributed by atoms with Crippen LogP contribution in [0.3, 0.4) is 0 Å². The van der Waals surface area contributed by atoms with Crippen molar-refractivity contribution >= 4 is 28.3 Å². The fourth-order valence-corrected chi connectivity index (χ4v) is 3.90. The van der Waals surface area contributed by atoms with Crippen LogP contribution in [0.4, 0.5) is 11.5 Å². The van der Waals surface area contributed by atoms with Crippen molar-refractivity contribution in [3.63, 3.8) is 0 Å². The van der Waals surface area contributed by atoms with Crippen LogP contribution in [0.15, 0.2) is 48.9 Å². The summed E-state index contributed by atoms with van der Waals surface area (Å²) in [5.41, 5.74) is 7.99. The van der Waals surface area contributed by atoms with E-state index in [9.17, 15) is 4.79 Å². The predicted molar refractivity (Wildman–Crippen MR) is 121 cm³/mol. The molecule has 3 aromatic heterocycles. The molecule has 1 saturated carbocycles. The van der Waals surface area contributed by atoms with Gasteiger partial charge in [-0.25, -0.2) is 9.97 Å². The first-order chi connectivity index (χ1) is 15.6. The molecule has 0 aliphatic heterocycles. The van der Waals surface area contributed by atoms with Gasteiger partial charge in [-0.3, -0.25) is 14.5 Å². The maximum Gasteiger partial charge on any atom is 0.252 e. The number of fused-ring (bicyclic) bond motifs is 1. The van der Waals surface area contributed by atoms with Crippen LogP contribution >= 0.6 is 0 Å². The molecule has 0 spiro atoms. The largest absolute Gasteiger partial charge is 0.491 e. The average molecular weight is 429 g/mol. The molecule has 32 heavy (non-hydrogen) atoms. The van der Waals surface area contributed by atoms with Crippen LogP contribution < -0.4 is 15.8 Å². The van der Waals surface area contributed by atoms with Gasteiger partial charge in [-0.15, -0.1) is 0 Å². The number of nitrogens with one attached hydrogen (secondary N) is 1. The van der Waals surface area contributed by atoms with Crippen molar-refractivity contribution in [1.82, 2.24) is 24.7 Å². The van der Waals surface area contributed by atoms with Crippen LogP contribution in [0, 0.1) is 5.92 Å². The molecule has 4 aromatic rings. The summed E-state index contributed by atoms with van der Waals surface area (Å²) in [6.07, 6.45) is 8.34. The van der Waals surface area contributed by atoms with Crippen molar-refractivity contribution in [2.24, 2.45) is 11.7 Å². The van der Waals surface area contributed by atoms with Gasteiger partial charge in [-0.1, -0.05) is 24.6 Å². The number of pyridine rings is 1. The van der Waals surface area contributed by atoms with E-state index >= 15 is 0 Å². The lowest BCUT2D eigenvalue weighted by Gasteiger charge is -2.25. The number of aromatic nitrogens is 5. The summed E-state index contributed by atoms with van der Waals surface area (Å²) < 4.78 is 7.49. The minimum Gasteiger partial charge on any atom is -0.491 e. The van der Waals surface area contributed by atoms with Gasteiger partial charge in [-0.05, 0) is 30.9 Å². The summed E-state index contributed by atoms with van der Waals surface area (Å²) in [7, 11) is 1.54. The van der Waals surface area contributed by atoms with Crippen LogP contribution in [-0.4, -0.2) is 37.7 Å². The molecule has 0 radical (unpaired) electrons. The molecule has 3 heterocycles. The Hall–Kier alpha value is -4.01. The molecule has 0 unspecified atom stereocenters. The van der Waals surface area contributed by atoms with Gasteiger partial charge < -0.3 is 15.8 Å². The lowest BCUT2D eigenvalue weighted by atomic mass is 9.85. The summed E-state index contributed by atoms with van der Waals surface area (Å²) in [6.45, 7) is 0.890. The summed E-state index contributed by atoms with van der Waals surface area (Å²) in [5, 5.41) is 9.00. The lowest BCUT2D eigenvalue weighted by Crippen LogP contribution is -2.18. The van der Waals surface area contributed by atoms with E-state index in [0.29, 0.717) is 34.7 Å². The van der Waals surface area contributed by atoms with E-state index in [1.54, 1.807) is 18.5 Å². The van der Waals surface area contributed by atoms with E-state index in [4.69, 9.17) is 20.6 Å². The Bertz CT molecular complexity index is 1300. The zero-order valence-corrected chi connectivity index (χ0v) is 17.7. The lowest BCUT2D eigenvalue weighted by molar-refractivity contribution is 0.100. The van der Waals surface area contributed by atoms with Gasteiger partial charge in [0.05, 0.1) is 30.1 Å². The molecule has 0 bridgehead atoms.